The highest BCUT2D eigenvalue weighted by atomic mass is 16.5. The van der Waals surface area contributed by atoms with Crippen molar-refractivity contribution in [1.82, 2.24) is 4.98 Å². The standard InChI is InChI=1S/C23H26N2O2/c1-3-4-5-6-7-8-14-25-20-11-9-10-19-22(20)21(23(25)26)17-15-16(27-2)12-13-18(17)24-19/h9-13,15H,3-8,14H2,1-2H3. The second-order valence-corrected chi connectivity index (χ2v) is 7.27. The normalized spacial score (nSPS) is 13.1. The van der Waals surface area contributed by atoms with Crippen molar-refractivity contribution in [3.8, 4) is 5.75 Å². The molecule has 0 spiro atoms. The van der Waals surface area contributed by atoms with Crippen LogP contribution >= 0.6 is 0 Å². The van der Waals surface area contributed by atoms with Crippen LogP contribution in [0.5, 0.6) is 5.75 Å². The Morgan fingerprint density at radius 1 is 1.00 bits per heavy atom. The van der Waals surface area contributed by atoms with Gasteiger partial charge in [0.2, 0.25) is 0 Å². The number of aromatic nitrogens is 1. The zero-order chi connectivity index (χ0) is 18.8. The number of methoxy groups -OCH3 is 1. The van der Waals surface area contributed by atoms with Gasteiger partial charge in [0.15, 0.2) is 0 Å². The molecule has 0 atom stereocenters. The summed E-state index contributed by atoms with van der Waals surface area (Å²) in [5.74, 6) is 0.843. The minimum atomic E-state index is 0.0930. The maximum Gasteiger partial charge on any atom is 0.259 e. The van der Waals surface area contributed by atoms with E-state index in [-0.39, 0.29) is 5.91 Å². The van der Waals surface area contributed by atoms with E-state index in [0.29, 0.717) is 0 Å². The third kappa shape index (κ3) is 3.14. The molecule has 0 aliphatic carbocycles. The molecule has 1 aromatic heterocycles. The van der Waals surface area contributed by atoms with Crippen molar-refractivity contribution in [2.24, 2.45) is 0 Å². The average molecular weight is 362 g/mol. The van der Waals surface area contributed by atoms with Gasteiger partial charge in [0, 0.05) is 17.3 Å². The van der Waals surface area contributed by atoms with Gasteiger partial charge in [-0.25, -0.2) is 4.98 Å². The number of fused-ring (bicyclic) bond motifs is 2. The van der Waals surface area contributed by atoms with Crippen molar-refractivity contribution in [3.05, 3.63) is 42.0 Å². The summed E-state index contributed by atoms with van der Waals surface area (Å²) in [6.45, 7) is 3.00. The van der Waals surface area contributed by atoms with Gasteiger partial charge in [-0.15, -0.1) is 0 Å². The quantitative estimate of drug-likeness (QED) is 0.380. The second kappa shape index (κ2) is 7.55. The molecule has 0 radical (unpaired) electrons. The third-order valence-corrected chi connectivity index (χ3v) is 5.47. The summed E-state index contributed by atoms with van der Waals surface area (Å²) >= 11 is 0. The summed E-state index contributed by atoms with van der Waals surface area (Å²) in [7, 11) is 1.65. The molecule has 1 aliphatic heterocycles. The minimum absolute atomic E-state index is 0.0930. The van der Waals surface area contributed by atoms with Gasteiger partial charge >= 0.3 is 0 Å². The molecule has 4 rings (SSSR count). The Hall–Kier alpha value is -2.62. The molecule has 0 N–H and O–H groups in total. The van der Waals surface area contributed by atoms with Gasteiger partial charge in [0.1, 0.15) is 5.75 Å². The van der Waals surface area contributed by atoms with Crippen molar-refractivity contribution >= 4 is 33.4 Å². The number of carbonyl (C=O) groups excluding carboxylic acids is 1. The third-order valence-electron chi connectivity index (χ3n) is 5.47. The molecule has 2 aromatic carbocycles. The minimum Gasteiger partial charge on any atom is -0.497 e. The SMILES string of the molecule is CCCCCCCCN1C(=O)c2c3cc(OC)ccc3nc3cccc1c23. The Balaban J connectivity index is 1.67. The van der Waals surface area contributed by atoms with E-state index < -0.39 is 0 Å². The van der Waals surface area contributed by atoms with Crippen LogP contribution in [-0.2, 0) is 0 Å². The maximum absolute atomic E-state index is 13.3. The van der Waals surface area contributed by atoms with E-state index in [2.05, 4.69) is 6.92 Å². The molecular weight excluding hydrogens is 336 g/mol. The lowest BCUT2D eigenvalue weighted by Crippen LogP contribution is -2.27. The fraction of sp³-hybridized carbons (Fsp3) is 0.391. The van der Waals surface area contributed by atoms with Gasteiger partial charge in [-0.1, -0.05) is 45.1 Å². The van der Waals surface area contributed by atoms with Crippen LogP contribution in [0.2, 0.25) is 0 Å². The summed E-state index contributed by atoms with van der Waals surface area (Å²) in [6, 6.07) is 11.8. The molecule has 1 amide bonds. The fourth-order valence-electron chi connectivity index (χ4n) is 4.05. The number of nitrogens with zero attached hydrogens (tertiary/aromatic N) is 2. The first-order chi connectivity index (χ1) is 13.2. The van der Waals surface area contributed by atoms with Gasteiger partial charge in [-0.2, -0.15) is 0 Å². The van der Waals surface area contributed by atoms with Crippen molar-refractivity contribution < 1.29 is 9.53 Å². The van der Waals surface area contributed by atoms with E-state index >= 15 is 0 Å². The van der Waals surface area contributed by atoms with Crippen LogP contribution in [0.4, 0.5) is 5.69 Å². The first kappa shape index (κ1) is 17.8. The van der Waals surface area contributed by atoms with Crippen molar-refractivity contribution in [2.45, 2.75) is 45.4 Å². The van der Waals surface area contributed by atoms with E-state index in [9.17, 15) is 4.79 Å². The summed E-state index contributed by atoms with van der Waals surface area (Å²) < 4.78 is 5.37. The molecule has 0 bridgehead atoms. The topological polar surface area (TPSA) is 42.4 Å². The van der Waals surface area contributed by atoms with Crippen LogP contribution in [0.15, 0.2) is 36.4 Å². The molecule has 140 valence electrons. The van der Waals surface area contributed by atoms with Crippen molar-refractivity contribution in [1.29, 1.82) is 0 Å². The number of benzene rings is 2. The lowest BCUT2D eigenvalue weighted by Gasteiger charge is -2.17. The van der Waals surface area contributed by atoms with Crippen molar-refractivity contribution in [3.63, 3.8) is 0 Å². The number of carbonyl (C=O) groups is 1. The number of rotatable bonds is 8. The number of hydrogen-bond acceptors (Lipinski definition) is 3. The maximum atomic E-state index is 13.3. The Morgan fingerprint density at radius 3 is 2.63 bits per heavy atom. The van der Waals surface area contributed by atoms with Gasteiger partial charge in [-0.05, 0) is 36.8 Å². The molecule has 27 heavy (non-hydrogen) atoms. The highest BCUT2D eigenvalue weighted by Gasteiger charge is 2.32. The molecule has 0 fully saturated rings. The second-order valence-electron chi connectivity index (χ2n) is 7.27. The Kier molecular flexibility index (Phi) is 4.97. The van der Waals surface area contributed by atoms with Gasteiger partial charge in [0.05, 0.1) is 29.4 Å². The van der Waals surface area contributed by atoms with E-state index in [1.807, 2.05) is 41.3 Å². The number of hydrogen-bond donors (Lipinski definition) is 0. The van der Waals surface area contributed by atoms with Gasteiger partial charge in [0.25, 0.3) is 5.91 Å². The predicted molar refractivity (Wildman–Crippen MR) is 111 cm³/mol. The summed E-state index contributed by atoms with van der Waals surface area (Å²) in [5.41, 5.74) is 3.50. The van der Waals surface area contributed by atoms with E-state index in [0.717, 1.165) is 51.8 Å². The largest absolute Gasteiger partial charge is 0.497 e. The summed E-state index contributed by atoms with van der Waals surface area (Å²) in [6.07, 6.45) is 7.29. The van der Waals surface area contributed by atoms with E-state index in [1.165, 1.54) is 32.1 Å². The Morgan fingerprint density at radius 2 is 1.81 bits per heavy atom. The molecule has 0 saturated carbocycles. The zero-order valence-corrected chi connectivity index (χ0v) is 16.1. The Bertz CT molecular complexity index is 996. The highest BCUT2D eigenvalue weighted by Crippen LogP contribution is 2.41. The fourth-order valence-corrected chi connectivity index (χ4v) is 4.05. The number of amides is 1. The first-order valence-electron chi connectivity index (χ1n) is 9.97. The van der Waals surface area contributed by atoms with Gasteiger partial charge in [-0.3, -0.25) is 4.79 Å². The monoisotopic (exact) mass is 362 g/mol. The average Bonchev–Trinajstić information content (AvgIpc) is 2.98. The lowest BCUT2D eigenvalue weighted by molar-refractivity contribution is 0.0994. The van der Waals surface area contributed by atoms with Crippen LogP contribution in [0.25, 0.3) is 21.8 Å². The van der Waals surface area contributed by atoms with Gasteiger partial charge < -0.3 is 9.64 Å². The number of unbranched alkanes of at least 4 members (excludes halogenated alkanes) is 5. The van der Waals surface area contributed by atoms with E-state index in [4.69, 9.17) is 9.72 Å². The molecule has 0 unspecified atom stereocenters. The van der Waals surface area contributed by atoms with Crippen LogP contribution in [-0.4, -0.2) is 24.5 Å². The van der Waals surface area contributed by atoms with Crippen LogP contribution in [0.3, 0.4) is 0 Å². The van der Waals surface area contributed by atoms with Crippen LogP contribution < -0.4 is 9.64 Å². The zero-order valence-electron chi connectivity index (χ0n) is 16.1. The number of ether oxygens (including phenoxy) is 1. The molecular formula is C23H26N2O2. The van der Waals surface area contributed by atoms with Crippen LogP contribution in [0, 0.1) is 0 Å². The molecule has 1 aliphatic rings. The molecule has 4 heteroatoms. The van der Waals surface area contributed by atoms with Crippen LogP contribution in [0.1, 0.15) is 55.8 Å². The van der Waals surface area contributed by atoms with Crippen molar-refractivity contribution in [2.75, 3.05) is 18.6 Å². The molecule has 3 aromatic rings. The molecule has 4 nitrogen and oxygen atoms in total. The molecule has 2 heterocycles. The van der Waals surface area contributed by atoms with E-state index in [1.54, 1.807) is 7.11 Å². The number of anilines is 1. The summed E-state index contributed by atoms with van der Waals surface area (Å²) in [4.78, 5) is 20.0. The number of pyridine rings is 1. The first-order valence-corrected chi connectivity index (χ1v) is 9.97. The summed E-state index contributed by atoms with van der Waals surface area (Å²) in [5, 5.41) is 1.86. The molecule has 0 saturated heterocycles. The lowest BCUT2D eigenvalue weighted by atomic mass is 10.0. The Labute approximate surface area is 160 Å². The smallest absolute Gasteiger partial charge is 0.259 e. The predicted octanol–water partition coefficient (Wildman–Crippen LogP) is 5.72. The highest BCUT2D eigenvalue weighted by molar-refractivity contribution is 6.30.